The summed E-state index contributed by atoms with van der Waals surface area (Å²) in [7, 11) is 1.64. The maximum Gasteiger partial charge on any atom is 0.339 e. The van der Waals surface area contributed by atoms with Gasteiger partial charge in [-0.25, -0.2) is 4.79 Å². The van der Waals surface area contributed by atoms with E-state index < -0.39 is 5.63 Å². The van der Waals surface area contributed by atoms with Crippen molar-refractivity contribution in [2.45, 2.75) is 38.7 Å². The van der Waals surface area contributed by atoms with Gasteiger partial charge >= 0.3 is 5.63 Å². The molecule has 0 atom stereocenters. The number of carbonyl (C=O) groups excluding carboxylic acids is 1. The van der Waals surface area contributed by atoms with Crippen LogP contribution in [-0.4, -0.2) is 37.1 Å². The van der Waals surface area contributed by atoms with Crippen LogP contribution in [-0.2, 0) is 11.2 Å². The Morgan fingerprint density at radius 3 is 2.68 bits per heavy atom. The van der Waals surface area contributed by atoms with Crippen LogP contribution in [0.5, 0.6) is 11.5 Å². The number of rotatable bonds is 6. The Hall–Kier alpha value is -2.28. The van der Waals surface area contributed by atoms with Crippen LogP contribution in [0.4, 0.5) is 0 Å². The van der Waals surface area contributed by atoms with Crippen molar-refractivity contribution in [2.24, 2.45) is 0 Å². The van der Waals surface area contributed by atoms with Gasteiger partial charge in [0.1, 0.15) is 23.4 Å². The highest BCUT2D eigenvalue weighted by molar-refractivity contribution is 9.10. The molecule has 1 aliphatic rings. The van der Waals surface area contributed by atoms with Crippen LogP contribution >= 0.6 is 15.9 Å². The van der Waals surface area contributed by atoms with E-state index in [9.17, 15) is 9.59 Å². The molecule has 3 rings (SSSR count). The van der Waals surface area contributed by atoms with Gasteiger partial charge in [-0.3, -0.25) is 4.79 Å². The second-order valence-electron chi connectivity index (χ2n) is 6.88. The summed E-state index contributed by atoms with van der Waals surface area (Å²) in [5, 5.41) is 0. The van der Waals surface area contributed by atoms with Gasteiger partial charge in [0.15, 0.2) is 0 Å². The molecule has 150 valence electrons. The van der Waals surface area contributed by atoms with Gasteiger partial charge in [-0.2, -0.15) is 0 Å². The van der Waals surface area contributed by atoms with E-state index in [1.54, 1.807) is 20.1 Å². The summed E-state index contributed by atoms with van der Waals surface area (Å²) in [6.07, 6.45) is 2.56. The fourth-order valence-corrected chi connectivity index (χ4v) is 3.81. The van der Waals surface area contributed by atoms with E-state index in [-0.39, 0.29) is 12.0 Å². The first-order valence-electron chi connectivity index (χ1n) is 9.33. The van der Waals surface area contributed by atoms with E-state index in [1.165, 1.54) is 6.07 Å². The molecule has 1 aromatic carbocycles. The number of benzene rings is 1. The topological polar surface area (TPSA) is 69.0 Å². The molecule has 1 fully saturated rings. The molecule has 1 aromatic heterocycles. The first-order valence-corrected chi connectivity index (χ1v) is 10.1. The van der Waals surface area contributed by atoms with Gasteiger partial charge in [0.2, 0.25) is 5.91 Å². The normalized spacial score (nSPS) is 14.8. The molecule has 0 unspecified atom stereocenters. The number of ether oxygens (including phenoxy) is 2. The van der Waals surface area contributed by atoms with Crippen LogP contribution in [0.1, 0.15) is 30.6 Å². The molecular formula is C21H24BrNO5. The molecule has 1 saturated heterocycles. The minimum absolute atomic E-state index is 0.00424. The minimum atomic E-state index is -0.411. The largest absolute Gasteiger partial charge is 0.496 e. The standard InChI is InChI=1S/C21H24BrNO5/c1-14-11-18(13-21(25)27-14)28-17-7-9-23(10-8-17)20(24)6-3-15-12-16(22)4-5-19(15)26-2/h4-5,11-13,17H,3,6-10H2,1-2H3. The molecule has 1 amide bonds. The maximum absolute atomic E-state index is 12.6. The summed E-state index contributed by atoms with van der Waals surface area (Å²) < 4.78 is 17.2. The number of amides is 1. The second kappa shape index (κ2) is 9.28. The summed E-state index contributed by atoms with van der Waals surface area (Å²) in [6, 6.07) is 8.89. The van der Waals surface area contributed by atoms with E-state index in [4.69, 9.17) is 13.9 Å². The highest BCUT2D eigenvalue weighted by Gasteiger charge is 2.24. The van der Waals surface area contributed by atoms with Crippen molar-refractivity contribution < 1.29 is 18.7 Å². The van der Waals surface area contributed by atoms with E-state index >= 15 is 0 Å². The number of aryl methyl sites for hydroxylation is 2. The van der Waals surface area contributed by atoms with Gasteiger partial charge < -0.3 is 18.8 Å². The Morgan fingerprint density at radius 2 is 2.00 bits per heavy atom. The number of methoxy groups -OCH3 is 1. The summed E-state index contributed by atoms with van der Waals surface area (Å²) in [5.41, 5.74) is 0.604. The van der Waals surface area contributed by atoms with Crippen LogP contribution in [0.2, 0.25) is 0 Å². The van der Waals surface area contributed by atoms with Crippen LogP contribution in [0.3, 0.4) is 0 Å². The fourth-order valence-electron chi connectivity index (χ4n) is 3.40. The SMILES string of the molecule is COc1ccc(Br)cc1CCC(=O)N1CCC(Oc2cc(C)oc(=O)c2)CC1. The molecule has 0 saturated carbocycles. The number of likely N-dealkylation sites (tertiary alicyclic amines) is 1. The van der Waals surface area contributed by atoms with Crippen LogP contribution in [0, 0.1) is 6.92 Å². The maximum atomic E-state index is 12.6. The predicted octanol–water partition coefficient (Wildman–Crippen LogP) is 3.72. The number of hydrogen-bond acceptors (Lipinski definition) is 5. The molecule has 2 aromatic rings. The van der Waals surface area contributed by atoms with Crippen molar-refractivity contribution in [2.75, 3.05) is 20.2 Å². The number of hydrogen-bond donors (Lipinski definition) is 0. The van der Waals surface area contributed by atoms with Crippen molar-refractivity contribution in [3.63, 3.8) is 0 Å². The van der Waals surface area contributed by atoms with Gasteiger partial charge in [-0.15, -0.1) is 0 Å². The van der Waals surface area contributed by atoms with E-state index in [1.807, 2.05) is 23.1 Å². The minimum Gasteiger partial charge on any atom is -0.496 e. The monoisotopic (exact) mass is 449 g/mol. The highest BCUT2D eigenvalue weighted by Crippen LogP contribution is 2.25. The van der Waals surface area contributed by atoms with Gasteiger partial charge in [0.25, 0.3) is 0 Å². The van der Waals surface area contributed by atoms with Crippen LogP contribution in [0.15, 0.2) is 44.0 Å². The van der Waals surface area contributed by atoms with Crippen molar-refractivity contribution in [3.05, 3.63) is 56.5 Å². The van der Waals surface area contributed by atoms with E-state index in [0.717, 1.165) is 28.6 Å². The van der Waals surface area contributed by atoms with Gasteiger partial charge in [-0.05, 0) is 37.1 Å². The zero-order chi connectivity index (χ0) is 20.1. The Balaban J connectivity index is 1.50. The van der Waals surface area contributed by atoms with Crippen molar-refractivity contribution >= 4 is 21.8 Å². The molecule has 0 aliphatic carbocycles. The third-order valence-corrected chi connectivity index (χ3v) is 5.31. The Bertz CT molecular complexity index is 887. The van der Waals surface area contributed by atoms with Crippen molar-refractivity contribution in [3.8, 4) is 11.5 Å². The Kier molecular flexibility index (Phi) is 6.78. The lowest BCUT2D eigenvalue weighted by atomic mass is 10.0. The molecule has 28 heavy (non-hydrogen) atoms. The third kappa shape index (κ3) is 5.38. The van der Waals surface area contributed by atoms with Gasteiger partial charge in [-0.1, -0.05) is 15.9 Å². The highest BCUT2D eigenvalue weighted by atomic mass is 79.9. The average molecular weight is 450 g/mol. The first-order chi connectivity index (χ1) is 13.4. The third-order valence-electron chi connectivity index (χ3n) is 4.82. The molecule has 0 N–H and O–H groups in total. The lowest BCUT2D eigenvalue weighted by Gasteiger charge is -2.32. The molecule has 0 radical (unpaired) electrons. The molecule has 7 heteroatoms. The summed E-state index contributed by atoms with van der Waals surface area (Å²) in [4.78, 5) is 25.9. The number of halogens is 1. The van der Waals surface area contributed by atoms with Crippen molar-refractivity contribution in [1.29, 1.82) is 0 Å². The van der Waals surface area contributed by atoms with Gasteiger partial charge in [0, 0.05) is 42.9 Å². The summed E-state index contributed by atoms with van der Waals surface area (Å²) in [6.45, 7) is 3.02. The van der Waals surface area contributed by atoms with Crippen molar-refractivity contribution in [1.82, 2.24) is 4.90 Å². The molecule has 0 bridgehead atoms. The Morgan fingerprint density at radius 1 is 1.25 bits per heavy atom. The summed E-state index contributed by atoms with van der Waals surface area (Å²) in [5.74, 6) is 1.99. The number of piperidine rings is 1. The fraction of sp³-hybridized carbons (Fsp3) is 0.429. The van der Waals surface area contributed by atoms with E-state index in [0.29, 0.717) is 37.4 Å². The molecule has 6 nitrogen and oxygen atoms in total. The Labute approximate surface area is 172 Å². The molecular weight excluding hydrogens is 426 g/mol. The lowest BCUT2D eigenvalue weighted by Crippen LogP contribution is -2.41. The quantitative estimate of drug-likeness (QED) is 0.671. The second-order valence-corrected chi connectivity index (χ2v) is 7.79. The smallest absolute Gasteiger partial charge is 0.339 e. The number of nitrogens with zero attached hydrogens (tertiary/aromatic N) is 1. The number of carbonyl (C=O) groups is 1. The van der Waals surface area contributed by atoms with Crippen LogP contribution in [0.25, 0.3) is 0 Å². The van der Waals surface area contributed by atoms with E-state index in [2.05, 4.69) is 15.9 Å². The molecule has 1 aliphatic heterocycles. The zero-order valence-electron chi connectivity index (χ0n) is 16.1. The van der Waals surface area contributed by atoms with Crippen LogP contribution < -0.4 is 15.1 Å². The average Bonchev–Trinajstić information content (AvgIpc) is 2.66. The molecule has 2 heterocycles. The zero-order valence-corrected chi connectivity index (χ0v) is 17.7. The molecule has 0 spiro atoms. The predicted molar refractivity (Wildman–Crippen MR) is 109 cm³/mol. The van der Waals surface area contributed by atoms with Gasteiger partial charge in [0.05, 0.1) is 13.2 Å². The lowest BCUT2D eigenvalue weighted by molar-refractivity contribution is -0.132. The summed E-state index contributed by atoms with van der Waals surface area (Å²) >= 11 is 3.46. The first kappa shape index (κ1) is 20.5.